The molecule has 0 fully saturated rings. The van der Waals surface area contributed by atoms with Gasteiger partial charge in [-0.2, -0.15) is 0 Å². The molecule has 0 spiro atoms. The molecule has 0 bridgehead atoms. The monoisotopic (exact) mass is 254 g/mol. The third-order valence-corrected chi connectivity index (χ3v) is 5.21. The molecule has 0 aliphatic heterocycles. The second-order valence-electron chi connectivity index (χ2n) is 7.12. The zero-order chi connectivity index (χ0) is 14.3. The smallest absolute Gasteiger partial charge is 0.0244 e. The van der Waals surface area contributed by atoms with Crippen LogP contribution in [0.4, 0.5) is 0 Å². The highest BCUT2D eigenvalue weighted by Gasteiger charge is 2.41. The lowest BCUT2D eigenvalue weighted by Crippen LogP contribution is -2.39. The quantitative estimate of drug-likeness (QED) is 0.438. The topological polar surface area (TPSA) is 0 Å². The Kier molecular flexibility index (Phi) is 8.23. The van der Waals surface area contributed by atoms with Crippen molar-refractivity contribution in [3.8, 4) is 0 Å². The third-order valence-electron chi connectivity index (χ3n) is 5.21. The minimum absolute atomic E-state index is 0.553. The zero-order valence-corrected chi connectivity index (χ0v) is 14.3. The summed E-state index contributed by atoms with van der Waals surface area (Å²) in [7, 11) is 0. The fraction of sp³-hybridized carbons (Fsp3) is 1.00. The van der Waals surface area contributed by atoms with Gasteiger partial charge in [-0.1, -0.05) is 74.7 Å². The summed E-state index contributed by atoms with van der Waals surface area (Å²) in [6.45, 7) is 19.3. The lowest BCUT2D eigenvalue weighted by molar-refractivity contribution is 0.0172. The molecule has 3 unspecified atom stereocenters. The summed E-state index contributed by atoms with van der Waals surface area (Å²) in [5, 5.41) is 0. The first-order valence-corrected chi connectivity index (χ1v) is 8.35. The van der Waals surface area contributed by atoms with E-state index in [2.05, 4.69) is 55.4 Å². The van der Waals surface area contributed by atoms with Gasteiger partial charge in [0.2, 0.25) is 0 Å². The highest BCUT2D eigenvalue weighted by molar-refractivity contribution is 4.90. The van der Waals surface area contributed by atoms with Crippen molar-refractivity contribution >= 4 is 0 Å². The first-order valence-electron chi connectivity index (χ1n) is 8.35. The molecule has 0 saturated heterocycles. The van der Waals surface area contributed by atoms with Gasteiger partial charge in [0.05, 0.1) is 0 Å². The van der Waals surface area contributed by atoms with E-state index >= 15 is 0 Å². The van der Waals surface area contributed by atoms with Gasteiger partial charge >= 0.3 is 0 Å². The number of hydrogen-bond acceptors (Lipinski definition) is 0. The van der Waals surface area contributed by atoms with Crippen LogP contribution in [0.3, 0.4) is 0 Å². The normalized spacial score (nSPS) is 19.0. The average molecular weight is 255 g/mol. The van der Waals surface area contributed by atoms with Gasteiger partial charge in [-0.15, -0.1) is 0 Å². The summed E-state index contributed by atoms with van der Waals surface area (Å²) in [6, 6.07) is 0. The molecule has 0 heterocycles. The lowest BCUT2D eigenvalue weighted by Gasteiger charge is -2.48. The SMILES string of the molecule is CCCC(C)C(CC)C(CC)(CC(C)C)C(C)C. The Labute approximate surface area is 117 Å². The standard InChI is InChI=1S/C18H38/c1-9-12-16(8)17(10-2)18(11-3,15(6)7)13-14(4)5/h14-17H,9-13H2,1-8H3. The van der Waals surface area contributed by atoms with Crippen LogP contribution in [-0.4, -0.2) is 0 Å². The molecule has 0 aromatic heterocycles. The average Bonchev–Trinajstić information content (AvgIpc) is 2.27. The first-order chi connectivity index (χ1) is 8.35. The second kappa shape index (κ2) is 8.23. The van der Waals surface area contributed by atoms with Gasteiger partial charge in [0, 0.05) is 0 Å². The Hall–Kier alpha value is 0. The summed E-state index contributed by atoms with van der Waals surface area (Å²) in [4.78, 5) is 0. The summed E-state index contributed by atoms with van der Waals surface area (Å²) >= 11 is 0. The van der Waals surface area contributed by atoms with E-state index in [4.69, 9.17) is 0 Å². The van der Waals surface area contributed by atoms with Crippen molar-refractivity contribution < 1.29 is 0 Å². The minimum Gasteiger partial charge on any atom is -0.0654 e. The van der Waals surface area contributed by atoms with Crippen LogP contribution in [0, 0.1) is 29.1 Å². The fourth-order valence-corrected chi connectivity index (χ4v) is 4.42. The Bertz CT molecular complexity index is 204. The molecular weight excluding hydrogens is 216 g/mol. The largest absolute Gasteiger partial charge is 0.0654 e. The Morgan fingerprint density at radius 2 is 1.44 bits per heavy atom. The molecule has 0 nitrogen and oxygen atoms in total. The molecule has 0 aromatic carbocycles. The van der Waals surface area contributed by atoms with E-state index in [1.165, 1.54) is 32.1 Å². The molecule has 18 heavy (non-hydrogen) atoms. The van der Waals surface area contributed by atoms with Crippen molar-refractivity contribution in [2.45, 2.75) is 87.5 Å². The van der Waals surface area contributed by atoms with E-state index in [9.17, 15) is 0 Å². The van der Waals surface area contributed by atoms with Crippen LogP contribution in [0.25, 0.3) is 0 Å². The summed E-state index contributed by atoms with van der Waals surface area (Å²) in [5.74, 6) is 3.38. The molecule has 3 atom stereocenters. The summed E-state index contributed by atoms with van der Waals surface area (Å²) < 4.78 is 0. The zero-order valence-electron chi connectivity index (χ0n) is 14.3. The lowest BCUT2D eigenvalue weighted by atomic mass is 9.57. The van der Waals surface area contributed by atoms with Crippen LogP contribution in [0.5, 0.6) is 0 Å². The molecule has 0 aliphatic rings. The third kappa shape index (κ3) is 4.28. The highest BCUT2D eigenvalue weighted by atomic mass is 14.5. The van der Waals surface area contributed by atoms with Crippen LogP contribution >= 0.6 is 0 Å². The molecule has 0 amide bonds. The van der Waals surface area contributed by atoms with Crippen LogP contribution in [0.15, 0.2) is 0 Å². The summed E-state index contributed by atoms with van der Waals surface area (Å²) in [5.41, 5.74) is 0.553. The van der Waals surface area contributed by atoms with Gasteiger partial charge in [0.25, 0.3) is 0 Å². The maximum Gasteiger partial charge on any atom is -0.0244 e. The maximum atomic E-state index is 2.49. The molecule has 0 heteroatoms. The molecule has 0 radical (unpaired) electrons. The first kappa shape index (κ1) is 18.0. The van der Waals surface area contributed by atoms with Gasteiger partial charge in [-0.05, 0) is 41.9 Å². The van der Waals surface area contributed by atoms with Crippen molar-refractivity contribution in [2.24, 2.45) is 29.1 Å². The molecule has 0 aliphatic carbocycles. The van der Waals surface area contributed by atoms with Crippen molar-refractivity contribution in [3.05, 3.63) is 0 Å². The molecular formula is C18H38. The van der Waals surface area contributed by atoms with Crippen LogP contribution in [0.2, 0.25) is 0 Å². The Balaban J connectivity index is 5.22. The van der Waals surface area contributed by atoms with Crippen molar-refractivity contribution in [1.82, 2.24) is 0 Å². The molecule has 0 N–H and O–H groups in total. The minimum atomic E-state index is 0.553. The van der Waals surface area contributed by atoms with Crippen molar-refractivity contribution in [3.63, 3.8) is 0 Å². The van der Waals surface area contributed by atoms with Crippen molar-refractivity contribution in [1.29, 1.82) is 0 Å². The van der Waals surface area contributed by atoms with E-state index in [0.29, 0.717) is 5.41 Å². The van der Waals surface area contributed by atoms with E-state index in [-0.39, 0.29) is 0 Å². The fourth-order valence-electron chi connectivity index (χ4n) is 4.42. The van der Waals surface area contributed by atoms with E-state index < -0.39 is 0 Å². The van der Waals surface area contributed by atoms with Crippen LogP contribution < -0.4 is 0 Å². The van der Waals surface area contributed by atoms with Crippen LogP contribution in [-0.2, 0) is 0 Å². The molecule has 0 saturated carbocycles. The Morgan fingerprint density at radius 3 is 1.72 bits per heavy atom. The van der Waals surface area contributed by atoms with Gasteiger partial charge in [-0.25, -0.2) is 0 Å². The number of hydrogen-bond donors (Lipinski definition) is 0. The van der Waals surface area contributed by atoms with E-state index in [1.54, 1.807) is 0 Å². The predicted molar refractivity (Wildman–Crippen MR) is 84.9 cm³/mol. The van der Waals surface area contributed by atoms with Gasteiger partial charge < -0.3 is 0 Å². The van der Waals surface area contributed by atoms with Gasteiger partial charge in [0.1, 0.15) is 0 Å². The molecule has 110 valence electrons. The van der Waals surface area contributed by atoms with Crippen molar-refractivity contribution in [2.75, 3.05) is 0 Å². The molecule has 0 rings (SSSR count). The van der Waals surface area contributed by atoms with E-state index in [0.717, 1.165) is 23.7 Å². The highest BCUT2D eigenvalue weighted by Crippen LogP contribution is 2.49. The second-order valence-corrected chi connectivity index (χ2v) is 7.12. The van der Waals surface area contributed by atoms with Crippen LogP contribution in [0.1, 0.15) is 87.5 Å². The Morgan fingerprint density at radius 1 is 0.889 bits per heavy atom. The van der Waals surface area contributed by atoms with E-state index in [1.807, 2.05) is 0 Å². The van der Waals surface area contributed by atoms with Gasteiger partial charge in [-0.3, -0.25) is 0 Å². The summed E-state index contributed by atoms with van der Waals surface area (Å²) in [6.07, 6.45) is 6.81. The predicted octanol–water partition coefficient (Wildman–Crippen LogP) is 6.55. The molecule has 0 aromatic rings. The number of rotatable bonds is 9. The van der Waals surface area contributed by atoms with Gasteiger partial charge in [0.15, 0.2) is 0 Å². The maximum absolute atomic E-state index is 2.49.